The van der Waals surface area contributed by atoms with E-state index in [0.717, 1.165) is 10.6 Å². The minimum atomic E-state index is -3.44. The minimum absolute atomic E-state index is 0.0827. The fourth-order valence-electron chi connectivity index (χ4n) is 1.45. The van der Waals surface area contributed by atoms with Crippen LogP contribution in [0, 0.1) is 6.92 Å². The number of likely N-dealkylation sites (N-methyl/N-ethyl adjacent to an activating group) is 1. The first-order valence-electron chi connectivity index (χ1n) is 5.66. The molecule has 0 aliphatic carbocycles. The second-order valence-electron chi connectivity index (χ2n) is 4.40. The number of sulfonamides is 1. The van der Waals surface area contributed by atoms with Crippen molar-refractivity contribution in [1.29, 1.82) is 0 Å². The van der Waals surface area contributed by atoms with Gasteiger partial charge in [0.15, 0.2) is 0 Å². The molecule has 0 saturated heterocycles. The first kappa shape index (κ1) is 16.1. The molecule has 0 fully saturated rings. The van der Waals surface area contributed by atoms with Crippen LogP contribution in [0.2, 0.25) is 0 Å². The molecule has 0 atom stereocenters. The van der Waals surface area contributed by atoms with Crippen molar-refractivity contribution in [2.24, 2.45) is 0 Å². The third kappa shape index (κ3) is 4.32. The van der Waals surface area contributed by atoms with E-state index in [-0.39, 0.29) is 12.1 Å². The average molecular weight is 300 g/mol. The van der Waals surface area contributed by atoms with Crippen LogP contribution in [0.15, 0.2) is 18.2 Å². The van der Waals surface area contributed by atoms with Crippen molar-refractivity contribution >= 4 is 27.6 Å². The van der Waals surface area contributed by atoms with E-state index in [1.165, 1.54) is 13.1 Å². The Morgan fingerprint density at radius 1 is 1.35 bits per heavy atom. The molecule has 7 nitrogen and oxygen atoms in total. The first-order valence-corrected chi connectivity index (χ1v) is 7.51. The predicted molar refractivity (Wildman–Crippen MR) is 74.2 cm³/mol. The smallest absolute Gasteiger partial charge is 0.336 e. The number of aromatic carboxylic acids is 1. The monoisotopic (exact) mass is 300 g/mol. The number of anilines is 1. The van der Waals surface area contributed by atoms with Crippen LogP contribution in [0.3, 0.4) is 0 Å². The summed E-state index contributed by atoms with van der Waals surface area (Å²) >= 11 is 0. The third-order valence-electron chi connectivity index (χ3n) is 2.68. The molecule has 0 heterocycles. The number of nitrogens with one attached hydrogen (secondary N) is 1. The molecule has 20 heavy (non-hydrogen) atoms. The molecule has 0 radical (unpaired) electrons. The molecule has 2 N–H and O–H groups in total. The van der Waals surface area contributed by atoms with Crippen molar-refractivity contribution in [2.45, 2.75) is 6.92 Å². The summed E-state index contributed by atoms with van der Waals surface area (Å²) in [5, 5.41) is 11.4. The highest BCUT2D eigenvalue weighted by Gasteiger charge is 2.16. The molecule has 0 bridgehead atoms. The van der Waals surface area contributed by atoms with Gasteiger partial charge in [0.2, 0.25) is 15.9 Å². The van der Waals surface area contributed by atoms with Gasteiger partial charge in [0.25, 0.3) is 0 Å². The Bertz CT molecular complexity index is 639. The van der Waals surface area contributed by atoms with Crippen molar-refractivity contribution in [1.82, 2.24) is 4.31 Å². The zero-order valence-corrected chi connectivity index (χ0v) is 12.2. The molecule has 1 aromatic rings. The number of hydrogen-bond acceptors (Lipinski definition) is 4. The van der Waals surface area contributed by atoms with Crippen molar-refractivity contribution in [2.75, 3.05) is 25.2 Å². The Kier molecular flexibility index (Phi) is 4.85. The molecule has 1 amide bonds. The van der Waals surface area contributed by atoms with Crippen LogP contribution in [0.4, 0.5) is 5.69 Å². The number of aryl methyl sites for hydroxylation is 1. The van der Waals surface area contributed by atoms with Gasteiger partial charge in [0, 0.05) is 12.7 Å². The summed E-state index contributed by atoms with van der Waals surface area (Å²) in [4.78, 5) is 22.6. The van der Waals surface area contributed by atoms with E-state index in [0.29, 0.717) is 11.3 Å². The van der Waals surface area contributed by atoms with Gasteiger partial charge in [-0.15, -0.1) is 0 Å². The quantitative estimate of drug-likeness (QED) is 0.825. The van der Waals surface area contributed by atoms with Crippen LogP contribution in [-0.2, 0) is 14.8 Å². The number of benzene rings is 1. The molecule has 0 aliphatic heterocycles. The summed E-state index contributed by atoms with van der Waals surface area (Å²) in [5.41, 5.74) is 0.961. The summed E-state index contributed by atoms with van der Waals surface area (Å²) in [7, 11) is -2.16. The van der Waals surface area contributed by atoms with E-state index in [9.17, 15) is 18.0 Å². The molecular weight excluding hydrogens is 284 g/mol. The zero-order valence-electron chi connectivity index (χ0n) is 11.4. The molecule has 0 aliphatic rings. The molecule has 1 rings (SSSR count). The standard InChI is InChI=1S/C12H16N2O5S/c1-8-4-5-9(6-10(8)12(16)17)13-11(15)7-14(2)20(3,18)19/h4-6H,7H2,1-3H3,(H,13,15)(H,16,17). The fraction of sp³-hybridized carbons (Fsp3) is 0.333. The number of rotatable bonds is 5. The summed E-state index contributed by atoms with van der Waals surface area (Å²) in [6.45, 7) is 1.31. The van der Waals surface area contributed by atoms with Crippen molar-refractivity contribution in [3.63, 3.8) is 0 Å². The fourth-order valence-corrected chi connectivity index (χ4v) is 1.80. The molecule has 0 spiro atoms. The molecule has 1 aromatic carbocycles. The Morgan fingerprint density at radius 3 is 2.45 bits per heavy atom. The predicted octanol–water partition coefficient (Wildman–Crippen LogP) is 0.523. The highest BCUT2D eigenvalue weighted by molar-refractivity contribution is 7.88. The lowest BCUT2D eigenvalue weighted by Gasteiger charge is -2.14. The number of carboxylic acid groups (broad SMARTS) is 1. The molecular formula is C12H16N2O5S. The summed E-state index contributed by atoms with van der Waals surface area (Å²) in [6.07, 6.45) is 0.995. The highest BCUT2D eigenvalue weighted by Crippen LogP contribution is 2.15. The van der Waals surface area contributed by atoms with Crippen LogP contribution in [0.5, 0.6) is 0 Å². The largest absolute Gasteiger partial charge is 0.478 e. The number of carboxylic acids is 1. The Hall–Kier alpha value is -1.93. The van der Waals surface area contributed by atoms with Crippen molar-refractivity contribution < 1.29 is 23.1 Å². The Labute approximate surface area is 117 Å². The summed E-state index contributed by atoms with van der Waals surface area (Å²) in [6, 6.07) is 4.45. The maximum absolute atomic E-state index is 11.7. The van der Waals surface area contributed by atoms with E-state index in [2.05, 4.69) is 5.32 Å². The topological polar surface area (TPSA) is 104 Å². The summed E-state index contributed by atoms with van der Waals surface area (Å²) < 4.78 is 23.2. The van der Waals surface area contributed by atoms with Crippen LogP contribution in [0.1, 0.15) is 15.9 Å². The highest BCUT2D eigenvalue weighted by atomic mass is 32.2. The van der Waals surface area contributed by atoms with Gasteiger partial charge in [-0.3, -0.25) is 4.79 Å². The first-order chi connectivity index (χ1) is 9.11. The van der Waals surface area contributed by atoms with Crippen LogP contribution in [-0.4, -0.2) is 49.6 Å². The number of carbonyl (C=O) groups is 2. The van der Waals surface area contributed by atoms with Crippen LogP contribution in [0.25, 0.3) is 0 Å². The lowest BCUT2D eigenvalue weighted by Crippen LogP contribution is -2.34. The van der Waals surface area contributed by atoms with E-state index in [4.69, 9.17) is 5.11 Å². The van der Waals surface area contributed by atoms with Crippen LogP contribution < -0.4 is 5.32 Å². The van der Waals surface area contributed by atoms with E-state index in [1.54, 1.807) is 19.1 Å². The van der Waals surface area contributed by atoms with Crippen LogP contribution >= 0.6 is 0 Å². The van der Waals surface area contributed by atoms with E-state index >= 15 is 0 Å². The number of hydrogen-bond donors (Lipinski definition) is 2. The number of nitrogens with zero attached hydrogens (tertiary/aromatic N) is 1. The molecule has 110 valence electrons. The van der Waals surface area contributed by atoms with E-state index < -0.39 is 21.9 Å². The van der Waals surface area contributed by atoms with Gasteiger partial charge in [-0.1, -0.05) is 6.07 Å². The SMILES string of the molecule is Cc1ccc(NC(=O)CN(C)S(C)(=O)=O)cc1C(=O)O. The van der Waals surface area contributed by atoms with E-state index in [1.807, 2.05) is 0 Å². The lowest BCUT2D eigenvalue weighted by atomic mass is 10.1. The van der Waals surface area contributed by atoms with Gasteiger partial charge >= 0.3 is 5.97 Å². The Morgan fingerprint density at radius 2 is 1.95 bits per heavy atom. The Balaban J connectivity index is 2.82. The van der Waals surface area contributed by atoms with Gasteiger partial charge in [-0.2, -0.15) is 4.31 Å². The van der Waals surface area contributed by atoms with Crippen molar-refractivity contribution in [3.05, 3.63) is 29.3 Å². The van der Waals surface area contributed by atoms with Gasteiger partial charge < -0.3 is 10.4 Å². The second-order valence-corrected chi connectivity index (χ2v) is 6.49. The van der Waals surface area contributed by atoms with Crippen molar-refractivity contribution in [3.8, 4) is 0 Å². The summed E-state index contributed by atoms with van der Waals surface area (Å²) in [5.74, 6) is -1.63. The maximum atomic E-state index is 11.7. The molecule has 0 saturated carbocycles. The lowest BCUT2D eigenvalue weighted by molar-refractivity contribution is -0.116. The molecule has 0 aromatic heterocycles. The average Bonchev–Trinajstić information content (AvgIpc) is 2.29. The van der Waals surface area contributed by atoms with Gasteiger partial charge in [0.05, 0.1) is 18.4 Å². The zero-order chi connectivity index (χ0) is 15.5. The minimum Gasteiger partial charge on any atom is -0.478 e. The molecule has 8 heteroatoms. The number of amides is 1. The normalized spacial score (nSPS) is 11.4. The van der Waals surface area contributed by atoms with Gasteiger partial charge in [0.1, 0.15) is 0 Å². The van der Waals surface area contributed by atoms with Gasteiger partial charge in [-0.05, 0) is 24.6 Å². The second kappa shape index (κ2) is 6.02. The number of carbonyl (C=O) groups excluding carboxylic acids is 1. The third-order valence-corrected chi connectivity index (χ3v) is 3.95. The van der Waals surface area contributed by atoms with Gasteiger partial charge in [-0.25, -0.2) is 13.2 Å². The molecule has 0 unspecified atom stereocenters. The maximum Gasteiger partial charge on any atom is 0.336 e.